The Bertz CT molecular complexity index is 921. The molecule has 2 aromatic rings. The number of aromatic nitrogens is 1. The molecule has 2 nitrogen and oxygen atoms in total. The number of hydrogen-bond acceptors (Lipinski definition) is 1. The Balaban J connectivity index is 2.27. The van der Waals surface area contributed by atoms with Crippen LogP contribution in [0.25, 0.3) is 11.3 Å². The van der Waals surface area contributed by atoms with Gasteiger partial charge in [-0.2, -0.15) is 35.1 Å². The normalized spacial score (nSPS) is 17.1. The van der Waals surface area contributed by atoms with Gasteiger partial charge in [-0.1, -0.05) is 0 Å². The maximum atomic E-state index is 13.6. The maximum absolute atomic E-state index is 13.6. The highest BCUT2D eigenvalue weighted by atomic mass is 19.4. The van der Waals surface area contributed by atoms with Gasteiger partial charge < -0.3 is 4.57 Å². The number of nitrogens with zero attached hydrogens (tertiary/aromatic N) is 1. The zero-order valence-electron chi connectivity index (χ0n) is 13.0. The lowest BCUT2D eigenvalue weighted by Crippen LogP contribution is -2.38. The quantitative estimate of drug-likeness (QED) is 0.574. The van der Waals surface area contributed by atoms with Gasteiger partial charge in [0, 0.05) is 18.7 Å². The molecule has 0 amide bonds. The second-order valence-electron chi connectivity index (χ2n) is 5.92. The highest BCUT2D eigenvalue weighted by Crippen LogP contribution is 2.43. The Labute approximate surface area is 145 Å². The minimum atomic E-state index is -5.19. The van der Waals surface area contributed by atoms with Crippen LogP contribution in [0, 0.1) is 5.82 Å². The smallest absolute Gasteiger partial charge is 0.337 e. The SMILES string of the molecule is O=C1c2c(C(F)(F)F)cc(-c3ccc(F)c(C(F)(F)F)c3)n2CCC1(F)F. The molecule has 0 bridgehead atoms. The van der Waals surface area contributed by atoms with Crippen molar-refractivity contribution in [1.29, 1.82) is 0 Å². The summed E-state index contributed by atoms with van der Waals surface area (Å²) in [6.07, 6.45) is -11.4. The summed E-state index contributed by atoms with van der Waals surface area (Å²) >= 11 is 0. The first kappa shape index (κ1) is 19.3. The van der Waals surface area contributed by atoms with E-state index in [4.69, 9.17) is 0 Å². The molecule has 146 valence electrons. The van der Waals surface area contributed by atoms with Crippen LogP contribution >= 0.6 is 0 Å². The van der Waals surface area contributed by atoms with Crippen LogP contribution in [0.1, 0.15) is 28.0 Å². The number of ketones is 1. The standard InChI is InChI=1S/C16H8F9NO/c17-10-2-1-7(5-8(10)15(20,21)22)11-6-9(16(23,24)25)12-13(27)14(18,19)3-4-26(11)12/h1-2,5-6H,3-4H2. The van der Waals surface area contributed by atoms with Crippen LogP contribution in [0.4, 0.5) is 39.5 Å². The van der Waals surface area contributed by atoms with Gasteiger partial charge in [0.15, 0.2) is 0 Å². The molecule has 0 saturated carbocycles. The number of hydrogen-bond donors (Lipinski definition) is 0. The zero-order valence-corrected chi connectivity index (χ0v) is 13.0. The van der Waals surface area contributed by atoms with Crippen LogP contribution in [-0.4, -0.2) is 16.3 Å². The van der Waals surface area contributed by atoms with E-state index >= 15 is 0 Å². The van der Waals surface area contributed by atoms with E-state index in [-0.39, 0.29) is 6.07 Å². The van der Waals surface area contributed by atoms with E-state index in [1.54, 1.807) is 0 Å². The molecule has 0 unspecified atom stereocenters. The van der Waals surface area contributed by atoms with E-state index in [0.717, 1.165) is 6.07 Å². The minimum Gasteiger partial charge on any atom is -0.337 e. The van der Waals surface area contributed by atoms with Crippen molar-refractivity contribution >= 4 is 5.78 Å². The number of alkyl halides is 8. The molecular weight excluding hydrogens is 393 g/mol. The largest absolute Gasteiger partial charge is 0.419 e. The molecule has 1 aliphatic rings. The van der Waals surface area contributed by atoms with Gasteiger partial charge in [0.2, 0.25) is 5.78 Å². The molecule has 0 aliphatic carbocycles. The Morgan fingerprint density at radius 2 is 1.52 bits per heavy atom. The Morgan fingerprint density at radius 1 is 0.926 bits per heavy atom. The highest BCUT2D eigenvalue weighted by Gasteiger charge is 2.50. The van der Waals surface area contributed by atoms with Gasteiger partial charge in [-0.15, -0.1) is 0 Å². The molecule has 1 aromatic heterocycles. The van der Waals surface area contributed by atoms with Crippen molar-refractivity contribution in [2.45, 2.75) is 31.2 Å². The topological polar surface area (TPSA) is 22.0 Å². The number of carbonyl (C=O) groups excluding carboxylic acids is 1. The average Bonchev–Trinajstić information content (AvgIpc) is 2.91. The molecule has 1 aromatic carbocycles. The van der Waals surface area contributed by atoms with Crippen molar-refractivity contribution in [1.82, 2.24) is 4.57 Å². The van der Waals surface area contributed by atoms with Gasteiger partial charge >= 0.3 is 18.3 Å². The van der Waals surface area contributed by atoms with Crippen molar-refractivity contribution in [3.8, 4) is 11.3 Å². The highest BCUT2D eigenvalue weighted by molar-refractivity contribution is 6.03. The summed E-state index contributed by atoms with van der Waals surface area (Å²) in [4.78, 5) is 11.8. The number of benzene rings is 1. The third-order valence-corrected chi connectivity index (χ3v) is 4.17. The predicted molar refractivity (Wildman–Crippen MR) is 73.7 cm³/mol. The lowest BCUT2D eigenvalue weighted by atomic mass is 10.0. The van der Waals surface area contributed by atoms with Gasteiger partial charge in [-0.3, -0.25) is 4.79 Å². The number of rotatable bonds is 1. The zero-order chi connectivity index (χ0) is 20.4. The molecule has 11 heteroatoms. The summed E-state index contributed by atoms with van der Waals surface area (Å²) in [5, 5.41) is 0. The lowest BCUT2D eigenvalue weighted by Gasteiger charge is -2.25. The van der Waals surface area contributed by atoms with Crippen LogP contribution in [0.3, 0.4) is 0 Å². The maximum Gasteiger partial charge on any atom is 0.419 e. The van der Waals surface area contributed by atoms with Gasteiger partial charge in [-0.25, -0.2) is 4.39 Å². The van der Waals surface area contributed by atoms with Gasteiger partial charge in [0.25, 0.3) is 0 Å². The summed E-state index contributed by atoms with van der Waals surface area (Å²) in [6, 6.07) is 1.78. The number of Topliss-reactive ketones (excluding diaryl/α,β-unsaturated/α-hetero) is 1. The van der Waals surface area contributed by atoms with Crippen molar-refractivity contribution in [3.63, 3.8) is 0 Å². The van der Waals surface area contributed by atoms with Crippen LogP contribution < -0.4 is 0 Å². The molecule has 0 atom stereocenters. The molecule has 27 heavy (non-hydrogen) atoms. The Hall–Kier alpha value is -2.46. The molecule has 0 spiro atoms. The van der Waals surface area contributed by atoms with Crippen LogP contribution in [-0.2, 0) is 18.9 Å². The molecule has 0 saturated heterocycles. The van der Waals surface area contributed by atoms with Crippen molar-refractivity contribution < 1.29 is 44.3 Å². The van der Waals surface area contributed by atoms with E-state index in [0.29, 0.717) is 16.7 Å². The van der Waals surface area contributed by atoms with E-state index in [2.05, 4.69) is 0 Å². The summed E-state index contributed by atoms with van der Waals surface area (Å²) < 4.78 is 119. The number of fused-ring (bicyclic) bond motifs is 1. The van der Waals surface area contributed by atoms with Crippen molar-refractivity contribution in [2.75, 3.05) is 0 Å². The molecule has 1 aliphatic heterocycles. The fourth-order valence-corrected chi connectivity index (χ4v) is 2.92. The van der Waals surface area contributed by atoms with Gasteiger partial charge in [-0.05, 0) is 29.8 Å². The molecule has 0 fully saturated rings. The lowest BCUT2D eigenvalue weighted by molar-refractivity contribution is -0.140. The molecule has 0 radical (unpaired) electrons. The van der Waals surface area contributed by atoms with Crippen LogP contribution in [0.15, 0.2) is 24.3 Å². The molecular formula is C16H8F9NO. The van der Waals surface area contributed by atoms with Gasteiger partial charge in [0.05, 0.1) is 11.1 Å². The Morgan fingerprint density at radius 3 is 2.07 bits per heavy atom. The summed E-state index contributed by atoms with van der Waals surface area (Å²) in [5.74, 6) is -7.73. The summed E-state index contributed by atoms with van der Waals surface area (Å²) in [6.45, 7) is -0.724. The molecule has 0 N–H and O–H groups in total. The summed E-state index contributed by atoms with van der Waals surface area (Å²) in [5.41, 5.74) is -5.76. The van der Waals surface area contributed by atoms with Crippen molar-refractivity contribution in [3.05, 3.63) is 46.9 Å². The first-order valence-corrected chi connectivity index (χ1v) is 7.34. The molecule has 3 rings (SSSR count). The van der Waals surface area contributed by atoms with Crippen LogP contribution in [0.5, 0.6) is 0 Å². The first-order valence-electron chi connectivity index (χ1n) is 7.34. The number of halogens is 9. The second-order valence-corrected chi connectivity index (χ2v) is 5.92. The predicted octanol–water partition coefficient (Wildman–Crippen LogP) is 5.55. The van der Waals surface area contributed by atoms with E-state index in [9.17, 15) is 44.3 Å². The monoisotopic (exact) mass is 401 g/mol. The summed E-state index contributed by atoms with van der Waals surface area (Å²) in [7, 11) is 0. The molecule has 2 heterocycles. The fraction of sp³-hybridized carbons (Fsp3) is 0.312. The third-order valence-electron chi connectivity index (χ3n) is 4.17. The van der Waals surface area contributed by atoms with Crippen molar-refractivity contribution in [2.24, 2.45) is 0 Å². The fourth-order valence-electron chi connectivity index (χ4n) is 2.92. The Kier molecular flexibility index (Phi) is 4.12. The average molecular weight is 401 g/mol. The minimum absolute atomic E-state index is 0.273. The third kappa shape index (κ3) is 3.19. The van der Waals surface area contributed by atoms with E-state index in [1.165, 1.54) is 0 Å². The van der Waals surface area contributed by atoms with E-state index < -0.39 is 70.9 Å². The second kappa shape index (κ2) is 5.77. The van der Waals surface area contributed by atoms with E-state index in [1.807, 2.05) is 0 Å². The number of carbonyl (C=O) groups is 1. The van der Waals surface area contributed by atoms with Crippen LogP contribution in [0.2, 0.25) is 0 Å². The van der Waals surface area contributed by atoms with Gasteiger partial charge in [0.1, 0.15) is 11.5 Å². The first-order chi connectivity index (χ1) is 12.2.